The summed E-state index contributed by atoms with van der Waals surface area (Å²) in [4.78, 5) is 42.1. The number of aromatic nitrogens is 3. The van der Waals surface area contributed by atoms with Gasteiger partial charge in [0, 0.05) is 48.0 Å². The lowest BCUT2D eigenvalue weighted by atomic mass is 9.99. The molecule has 27 heavy (non-hydrogen) atoms. The molecule has 0 spiro atoms. The van der Waals surface area contributed by atoms with E-state index < -0.39 is 11.2 Å². The van der Waals surface area contributed by atoms with Crippen LogP contribution in [-0.4, -0.2) is 38.4 Å². The van der Waals surface area contributed by atoms with Crippen LogP contribution in [0.4, 0.5) is 4.39 Å². The second kappa shape index (κ2) is 6.71. The minimum Gasteiger partial charge on any atom is -0.360 e. The SMILES string of the molecule is O=C(Cn1ccc(=O)[nH]c1=O)N1CC=C(c2c[nH]c3cc(F)ccc23)CC1. The van der Waals surface area contributed by atoms with Crippen LogP contribution in [0.3, 0.4) is 0 Å². The first-order chi connectivity index (χ1) is 13.0. The van der Waals surface area contributed by atoms with E-state index in [9.17, 15) is 18.8 Å². The number of carbonyl (C=O) groups is 1. The van der Waals surface area contributed by atoms with Gasteiger partial charge >= 0.3 is 5.69 Å². The van der Waals surface area contributed by atoms with Crippen molar-refractivity contribution in [1.82, 2.24) is 19.4 Å². The number of aromatic amines is 2. The van der Waals surface area contributed by atoms with Gasteiger partial charge in [-0.1, -0.05) is 6.08 Å². The molecule has 4 rings (SSSR count). The molecule has 0 fully saturated rings. The number of H-pyrrole nitrogens is 2. The Labute approximate surface area is 152 Å². The van der Waals surface area contributed by atoms with Crippen LogP contribution >= 0.6 is 0 Å². The fourth-order valence-electron chi connectivity index (χ4n) is 3.32. The van der Waals surface area contributed by atoms with Gasteiger partial charge in [-0.3, -0.25) is 19.1 Å². The van der Waals surface area contributed by atoms with E-state index in [4.69, 9.17) is 0 Å². The van der Waals surface area contributed by atoms with Gasteiger partial charge in [0.2, 0.25) is 5.91 Å². The van der Waals surface area contributed by atoms with Gasteiger partial charge in [0.25, 0.3) is 5.56 Å². The lowest BCUT2D eigenvalue weighted by molar-refractivity contribution is -0.131. The zero-order valence-electron chi connectivity index (χ0n) is 14.4. The summed E-state index contributed by atoms with van der Waals surface area (Å²) >= 11 is 0. The van der Waals surface area contributed by atoms with Crippen molar-refractivity contribution in [1.29, 1.82) is 0 Å². The molecule has 1 aliphatic heterocycles. The van der Waals surface area contributed by atoms with Gasteiger partial charge in [-0.15, -0.1) is 0 Å². The Morgan fingerprint density at radius 2 is 2.07 bits per heavy atom. The minimum absolute atomic E-state index is 0.120. The van der Waals surface area contributed by atoms with Crippen molar-refractivity contribution in [2.45, 2.75) is 13.0 Å². The van der Waals surface area contributed by atoms with Crippen LogP contribution in [0, 0.1) is 5.82 Å². The summed E-state index contributed by atoms with van der Waals surface area (Å²) in [5.41, 5.74) is 1.75. The van der Waals surface area contributed by atoms with E-state index in [0.29, 0.717) is 19.5 Å². The lowest BCUT2D eigenvalue weighted by Crippen LogP contribution is -2.40. The normalized spacial score (nSPS) is 14.4. The van der Waals surface area contributed by atoms with Crippen LogP contribution in [0.2, 0.25) is 0 Å². The number of nitrogens with one attached hydrogen (secondary N) is 2. The highest BCUT2D eigenvalue weighted by atomic mass is 19.1. The molecule has 1 aromatic carbocycles. The highest BCUT2D eigenvalue weighted by Crippen LogP contribution is 2.29. The topological polar surface area (TPSA) is 91.0 Å². The number of halogens is 1. The molecule has 3 aromatic rings. The summed E-state index contributed by atoms with van der Waals surface area (Å²) in [5.74, 6) is -0.483. The van der Waals surface area contributed by atoms with Gasteiger partial charge in [-0.05, 0) is 30.2 Å². The molecular formula is C19H17FN4O3. The zero-order chi connectivity index (χ0) is 19.0. The van der Waals surface area contributed by atoms with Crippen LogP contribution in [0.1, 0.15) is 12.0 Å². The van der Waals surface area contributed by atoms with Gasteiger partial charge in [-0.2, -0.15) is 0 Å². The number of amides is 1. The Morgan fingerprint density at radius 1 is 1.22 bits per heavy atom. The number of hydrogen-bond donors (Lipinski definition) is 2. The summed E-state index contributed by atoms with van der Waals surface area (Å²) in [6, 6.07) is 5.85. The lowest BCUT2D eigenvalue weighted by Gasteiger charge is -2.26. The van der Waals surface area contributed by atoms with Crippen LogP contribution in [0.15, 0.2) is 52.3 Å². The third kappa shape index (κ3) is 3.33. The maximum absolute atomic E-state index is 13.3. The van der Waals surface area contributed by atoms with E-state index in [-0.39, 0.29) is 18.3 Å². The standard InChI is InChI=1S/C19H17FN4O3/c20-13-1-2-14-15(10-21-16(14)9-13)12-3-6-23(7-4-12)18(26)11-24-8-5-17(25)22-19(24)27/h1-3,5,8-10,21H,4,6-7,11H2,(H,22,25,27). The van der Waals surface area contributed by atoms with Crippen molar-refractivity contribution in [2.24, 2.45) is 0 Å². The van der Waals surface area contributed by atoms with Crippen molar-refractivity contribution in [2.75, 3.05) is 13.1 Å². The molecule has 0 aliphatic carbocycles. The Bertz CT molecular complexity index is 1170. The minimum atomic E-state index is -0.602. The molecule has 0 saturated heterocycles. The predicted octanol–water partition coefficient (Wildman–Crippen LogP) is 1.47. The van der Waals surface area contributed by atoms with E-state index in [1.165, 1.54) is 29.0 Å². The largest absolute Gasteiger partial charge is 0.360 e. The second-order valence-electron chi connectivity index (χ2n) is 6.45. The molecule has 2 aromatic heterocycles. The fraction of sp³-hybridized carbons (Fsp3) is 0.211. The fourth-order valence-corrected chi connectivity index (χ4v) is 3.32. The van der Waals surface area contributed by atoms with Crippen molar-refractivity contribution in [3.8, 4) is 0 Å². The Balaban J connectivity index is 1.50. The average molecular weight is 368 g/mol. The van der Waals surface area contributed by atoms with E-state index in [0.717, 1.165) is 22.0 Å². The van der Waals surface area contributed by atoms with Crippen molar-refractivity contribution >= 4 is 22.4 Å². The van der Waals surface area contributed by atoms with Crippen molar-refractivity contribution in [3.05, 3.63) is 75.0 Å². The zero-order valence-corrected chi connectivity index (χ0v) is 14.4. The number of hydrogen-bond acceptors (Lipinski definition) is 3. The third-order valence-electron chi connectivity index (χ3n) is 4.75. The van der Waals surface area contributed by atoms with Crippen LogP contribution in [0.5, 0.6) is 0 Å². The first-order valence-corrected chi connectivity index (χ1v) is 8.55. The van der Waals surface area contributed by atoms with Gasteiger partial charge < -0.3 is 9.88 Å². The first-order valence-electron chi connectivity index (χ1n) is 8.55. The maximum Gasteiger partial charge on any atom is 0.328 e. The van der Waals surface area contributed by atoms with E-state index in [1.54, 1.807) is 11.0 Å². The number of nitrogens with zero attached hydrogens (tertiary/aromatic N) is 2. The molecule has 0 bridgehead atoms. The van der Waals surface area contributed by atoms with E-state index in [2.05, 4.69) is 9.97 Å². The summed E-state index contributed by atoms with van der Waals surface area (Å²) < 4.78 is 14.5. The number of benzene rings is 1. The highest BCUT2D eigenvalue weighted by molar-refractivity contribution is 5.93. The maximum atomic E-state index is 13.3. The van der Waals surface area contributed by atoms with Crippen LogP contribution in [0.25, 0.3) is 16.5 Å². The summed E-state index contributed by atoms with van der Waals surface area (Å²) in [5, 5.41) is 0.946. The first kappa shape index (κ1) is 17.0. The quantitative estimate of drug-likeness (QED) is 0.734. The smallest absolute Gasteiger partial charge is 0.328 e. The molecular weight excluding hydrogens is 351 g/mol. The molecule has 0 unspecified atom stereocenters. The molecule has 1 amide bonds. The molecule has 1 aliphatic rings. The summed E-state index contributed by atoms with van der Waals surface area (Å²) in [6.45, 7) is 0.835. The van der Waals surface area contributed by atoms with Crippen molar-refractivity contribution in [3.63, 3.8) is 0 Å². The van der Waals surface area contributed by atoms with Gasteiger partial charge in [0.1, 0.15) is 12.4 Å². The molecule has 0 radical (unpaired) electrons. The Hall–Kier alpha value is -3.42. The van der Waals surface area contributed by atoms with E-state index >= 15 is 0 Å². The third-order valence-corrected chi connectivity index (χ3v) is 4.75. The number of rotatable bonds is 3. The van der Waals surface area contributed by atoms with Gasteiger partial charge in [0.05, 0.1) is 0 Å². The number of fused-ring (bicyclic) bond motifs is 1. The van der Waals surface area contributed by atoms with Crippen molar-refractivity contribution < 1.29 is 9.18 Å². The summed E-state index contributed by atoms with van der Waals surface area (Å²) in [7, 11) is 0. The monoisotopic (exact) mass is 368 g/mol. The van der Waals surface area contributed by atoms with Gasteiger partial charge in [-0.25, -0.2) is 9.18 Å². The molecule has 0 atom stereocenters. The average Bonchev–Trinajstić information content (AvgIpc) is 3.07. The Kier molecular flexibility index (Phi) is 4.23. The molecule has 0 saturated carbocycles. The predicted molar refractivity (Wildman–Crippen MR) is 98.8 cm³/mol. The van der Waals surface area contributed by atoms with Crippen LogP contribution in [-0.2, 0) is 11.3 Å². The summed E-state index contributed by atoms with van der Waals surface area (Å²) in [6.07, 6.45) is 5.81. The highest BCUT2D eigenvalue weighted by Gasteiger charge is 2.20. The molecule has 7 nitrogen and oxygen atoms in total. The molecule has 2 N–H and O–H groups in total. The van der Waals surface area contributed by atoms with Gasteiger partial charge in [0.15, 0.2) is 0 Å². The second-order valence-corrected chi connectivity index (χ2v) is 6.45. The van der Waals surface area contributed by atoms with E-state index in [1.807, 2.05) is 12.3 Å². The number of carbonyl (C=O) groups excluding carboxylic acids is 1. The molecule has 3 heterocycles. The van der Waals surface area contributed by atoms with Crippen LogP contribution < -0.4 is 11.2 Å². The molecule has 138 valence electrons. The Morgan fingerprint density at radius 3 is 2.81 bits per heavy atom. The molecule has 8 heteroatoms.